The van der Waals surface area contributed by atoms with Crippen molar-refractivity contribution < 1.29 is 18.0 Å². The number of carbonyl (C=O) groups excluding carboxylic acids is 1. The van der Waals surface area contributed by atoms with E-state index >= 15 is 0 Å². The summed E-state index contributed by atoms with van der Waals surface area (Å²) >= 11 is 5.04. The van der Waals surface area contributed by atoms with Gasteiger partial charge < -0.3 is 5.32 Å². The fourth-order valence-electron chi connectivity index (χ4n) is 2.46. The maximum atomic E-state index is 12.5. The van der Waals surface area contributed by atoms with Crippen molar-refractivity contribution in [3.05, 3.63) is 65.2 Å². The minimum Gasteiger partial charge on any atom is -0.351 e. The van der Waals surface area contributed by atoms with E-state index in [1.165, 1.54) is 23.9 Å². The van der Waals surface area contributed by atoms with Gasteiger partial charge in [-0.25, -0.2) is 0 Å². The highest BCUT2D eigenvalue weighted by Crippen LogP contribution is 2.48. The Balaban J connectivity index is 1.61. The summed E-state index contributed by atoms with van der Waals surface area (Å²) in [6.07, 6.45) is -4.35. The molecule has 1 heterocycles. The molecule has 0 aliphatic carbocycles. The third-order valence-corrected chi connectivity index (χ3v) is 6.48. The van der Waals surface area contributed by atoms with Crippen LogP contribution < -0.4 is 5.32 Å². The Morgan fingerprint density at radius 2 is 1.79 bits per heavy atom. The summed E-state index contributed by atoms with van der Waals surface area (Å²) in [6, 6.07) is 12.6. The second kappa shape index (κ2) is 6.80. The lowest BCUT2D eigenvalue weighted by Gasteiger charge is -2.14. The van der Waals surface area contributed by atoms with E-state index in [-0.39, 0.29) is 22.5 Å². The molecular weight excluding hydrogens is 403 g/mol. The molecule has 24 heavy (non-hydrogen) atoms. The van der Waals surface area contributed by atoms with Crippen molar-refractivity contribution in [1.82, 2.24) is 5.32 Å². The minimum absolute atomic E-state index is 0.0775. The molecule has 3 rings (SSSR count). The van der Waals surface area contributed by atoms with Crippen molar-refractivity contribution >= 4 is 33.6 Å². The first-order valence-electron chi connectivity index (χ1n) is 7.20. The van der Waals surface area contributed by atoms with Crippen LogP contribution in [0.2, 0.25) is 0 Å². The standard InChI is InChI=1S/C17H13BrF3NOS/c18-14-12-3-1-2-4-13(12)24-15(14)16(23)22-9-10-5-7-11(8-6-10)17(19,20)21/h1-8,14-15H,9H2,(H,22,23). The van der Waals surface area contributed by atoms with E-state index in [4.69, 9.17) is 0 Å². The molecule has 1 aliphatic rings. The molecule has 0 fully saturated rings. The van der Waals surface area contributed by atoms with Gasteiger partial charge in [0.15, 0.2) is 0 Å². The number of fused-ring (bicyclic) bond motifs is 1. The predicted molar refractivity (Wildman–Crippen MR) is 91.0 cm³/mol. The molecule has 1 aliphatic heterocycles. The molecule has 126 valence electrons. The quantitative estimate of drug-likeness (QED) is 0.719. The Morgan fingerprint density at radius 3 is 2.42 bits per heavy atom. The van der Waals surface area contributed by atoms with Crippen LogP contribution in [0.5, 0.6) is 0 Å². The molecule has 2 nitrogen and oxygen atoms in total. The van der Waals surface area contributed by atoms with Crippen molar-refractivity contribution in [2.75, 3.05) is 0 Å². The van der Waals surface area contributed by atoms with Crippen molar-refractivity contribution in [1.29, 1.82) is 0 Å². The molecule has 2 aromatic rings. The van der Waals surface area contributed by atoms with E-state index < -0.39 is 11.7 Å². The average molecular weight is 416 g/mol. The van der Waals surface area contributed by atoms with Gasteiger partial charge in [0.05, 0.1) is 10.4 Å². The predicted octanol–water partition coefficient (Wildman–Crippen LogP) is 4.93. The normalized spacial score (nSPS) is 19.8. The Kier molecular flexibility index (Phi) is 4.92. The highest BCUT2D eigenvalue weighted by molar-refractivity contribution is 9.09. The van der Waals surface area contributed by atoms with Crippen LogP contribution in [0.4, 0.5) is 13.2 Å². The first-order chi connectivity index (χ1) is 11.4. The zero-order valence-corrected chi connectivity index (χ0v) is 14.7. The first-order valence-corrected chi connectivity index (χ1v) is 8.99. The number of carbonyl (C=O) groups is 1. The van der Waals surface area contributed by atoms with Crippen molar-refractivity contribution in [2.24, 2.45) is 0 Å². The lowest BCUT2D eigenvalue weighted by atomic mass is 10.1. The number of halogens is 4. The van der Waals surface area contributed by atoms with Crippen LogP contribution in [0.3, 0.4) is 0 Å². The fourth-order valence-corrected chi connectivity index (χ4v) is 4.80. The number of alkyl halides is 4. The van der Waals surface area contributed by atoms with E-state index in [1.54, 1.807) is 0 Å². The van der Waals surface area contributed by atoms with Crippen LogP contribution in [0.25, 0.3) is 0 Å². The fraction of sp³-hybridized carbons (Fsp3) is 0.235. The molecular formula is C17H13BrF3NOS. The van der Waals surface area contributed by atoms with Crippen molar-refractivity contribution in [2.45, 2.75) is 27.7 Å². The maximum Gasteiger partial charge on any atom is 0.416 e. The zero-order chi connectivity index (χ0) is 17.3. The Hall–Kier alpha value is -1.47. The van der Waals surface area contributed by atoms with Gasteiger partial charge in [-0.15, -0.1) is 11.8 Å². The molecule has 7 heteroatoms. The van der Waals surface area contributed by atoms with Gasteiger partial charge in [-0.3, -0.25) is 4.79 Å². The second-order valence-corrected chi connectivity index (χ2v) is 7.56. The molecule has 0 bridgehead atoms. The SMILES string of the molecule is O=C(NCc1ccc(C(F)(F)F)cc1)C1Sc2ccccc2C1Br. The van der Waals surface area contributed by atoms with Crippen LogP contribution in [-0.2, 0) is 17.5 Å². The summed E-state index contributed by atoms with van der Waals surface area (Å²) < 4.78 is 37.6. The van der Waals surface area contributed by atoms with Crippen molar-refractivity contribution in [3.8, 4) is 0 Å². The topological polar surface area (TPSA) is 29.1 Å². The number of hydrogen-bond acceptors (Lipinski definition) is 2. The van der Waals surface area contributed by atoms with E-state index in [0.29, 0.717) is 5.56 Å². The summed E-state index contributed by atoms with van der Waals surface area (Å²) in [7, 11) is 0. The molecule has 0 spiro atoms. The second-order valence-electron chi connectivity index (χ2n) is 5.39. The summed E-state index contributed by atoms with van der Waals surface area (Å²) in [5.41, 5.74) is 1.01. The van der Waals surface area contributed by atoms with Gasteiger partial charge in [0.1, 0.15) is 5.25 Å². The largest absolute Gasteiger partial charge is 0.416 e. The maximum absolute atomic E-state index is 12.5. The van der Waals surface area contributed by atoms with E-state index in [9.17, 15) is 18.0 Å². The summed E-state index contributed by atoms with van der Waals surface area (Å²) in [6.45, 7) is 0.199. The monoisotopic (exact) mass is 415 g/mol. The number of benzene rings is 2. The van der Waals surface area contributed by atoms with Crippen LogP contribution in [-0.4, -0.2) is 11.2 Å². The molecule has 0 saturated carbocycles. The van der Waals surface area contributed by atoms with Gasteiger partial charge in [0.2, 0.25) is 5.91 Å². The van der Waals surface area contributed by atoms with Crippen LogP contribution in [0, 0.1) is 0 Å². The van der Waals surface area contributed by atoms with Crippen LogP contribution in [0.1, 0.15) is 21.5 Å². The Bertz CT molecular complexity index is 748. The smallest absolute Gasteiger partial charge is 0.351 e. The van der Waals surface area contributed by atoms with E-state index in [2.05, 4.69) is 21.2 Å². The van der Waals surface area contributed by atoms with Gasteiger partial charge in [0, 0.05) is 11.4 Å². The number of rotatable bonds is 3. The lowest BCUT2D eigenvalue weighted by molar-refractivity contribution is -0.137. The first kappa shape index (κ1) is 17.4. The molecule has 1 N–H and O–H groups in total. The van der Waals surface area contributed by atoms with Crippen LogP contribution in [0.15, 0.2) is 53.4 Å². The number of amides is 1. The number of hydrogen-bond donors (Lipinski definition) is 1. The number of nitrogens with one attached hydrogen (secondary N) is 1. The van der Waals surface area contributed by atoms with Gasteiger partial charge >= 0.3 is 6.18 Å². The van der Waals surface area contributed by atoms with Crippen molar-refractivity contribution in [3.63, 3.8) is 0 Å². The molecule has 2 aromatic carbocycles. The summed E-state index contributed by atoms with van der Waals surface area (Å²) in [4.78, 5) is 13.4. The van der Waals surface area contributed by atoms with Gasteiger partial charge in [-0.05, 0) is 29.3 Å². The van der Waals surface area contributed by atoms with E-state index in [1.807, 2.05) is 24.3 Å². The Labute approximate surface area is 150 Å². The minimum atomic E-state index is -4.35. The molecule has 0 radical (unpaired) electrons. The van der Waals surface area contributed by atoms with Gasteiger partial charge in [-0.1, -0.05) is 46.3 Å². The van der Waals surface area contributed by atoms with Crippen LogP contribution >= 0.6 is 27.7 Å². The average Bonchev–Trinajstić information content (AvgIpc) is 2.90. The highest BCUT2D eigenvalue weighted by atomic mass is 79.9. The summed E-state index contributed by atoms with van der Waals surface area (Å²) in [5.74, 6) is -0.141. The molecule has 2 atom stereocenters. The molecule has 1 amide bonds. The molecule has 0 saturated heterocycles. The molecule has 2 unspecified atom stereocenters. The summed E-state index contributed by atoms with van der Waals surface area (Å²) in [5, 5.41) is 2.50. The molecule has 0 aromatic heterocycles. The third-order valence-electron chi connectivity index (χ3n) is 3.74. The zero-order valence-electron chi connectivity index (χ0n) is 12.3. The third kappa shape index (κ3) is 3.62. The lowest BCUT2D eigenvalue weighted by Crippen LogP contribution is -2.32. The van der Waals surface area contributed by atoms with E-state index in [0.717, 1.165) is 22.6 Å². The highest BCUT2D eigenvalue weighted by Gasteiger charge is 2.36. The van der Waals surface area contributed by atoms with Gasteiger partial charge in [-0.2, -0.15) is 13.2 Å². The Morgan fingerprint density at radius 1 is 1.12 bits per heavy atom. The number of thioether (sulfide) groups is 1. The van der Waals surface area contributed by atoms with Gasteiger partial charge in [0.25, 0.3) is 0 Å².